The van der Waals surface area contributed by atoms with E-state index in [9.17, 15) is 4.79 Å². The smallest absolute Gasteiger partial charge is 0.139 e. The first-order valence-electron chi connectivity index (χ1n) is 14.5. The zero-order chi connectivity index (χ0) is 28.7. The van der Waals surface area contributed by atoms with Crippen LogP contribution in [0.2, 0.25) is 0 Å². The minimum absolute atomic E-state index is 0.0633. The van der Waals surface area contributed by atoms with E-state index in [2.05, 4.69) is 104 Å². The van der Waals surface area contributed by atoms with Crippen molar-refractivity contribution in [1.29, 1.82) is 0 Å². The molecule has 0 bridgehead atoms. The minimum atomic E-state index is -0.0633. The Hall–Kier alpha value is -2.19. The van der Waals surface area contributed by atoms with Gasteiger partial charge in [0.2, 0.25) is 0 Å². The molecule has 2 heteroatoms. The standard InChI is InChI=1S/C19H30O.C9H12.C4H8.C3H9N/c1-5-14-19(7-3,15-6-2)18(20)13-12-17-11-9-8-10-16(17)4;1-3-9-6-4-8(2)5-7-9;1-4(2)3;1-2-3-4/h8-11H,5-7,12-15H2,1-4H3;4-7H,3H2,1-2H3;1H2,2-3H3;2-4H2,1H3. The molecule has 0 aliphatic carbocycles. The number of hydrogen-bond acceptors (Lipinski definition) is 2. The number of ketones is 1. The molecule has 2 rings (SSSR count). The summed E-state index contributed by atoms with van der Waals surface area (Å²) in [5.74, 6) is 0.479. The molecule has 2 aromatic carbocycles. The fraction of sp³-hybridized carbons (Fsp3) is 0.571. The van der Waals surface area contributed by atoms with Crippen LogP contribution in [0.15, 0.2) is 60.7 Å². The molecule has 2 aromatic rings. The lowest BCUT2D eigenvalue weighted by atomic mass is 9.72. The highest BCUT2D eigenvalue weighted by Crippen LogP contribution is 2.36. The second-order valence-corrected chi connectivity index (χ2v) is 10.3. The molecule has 0 fully saturated rings. The summed E-state index contributed by atoms with van der Waals surface area (Å²) in [6.45, 7) is 23.3. The van der Waals surface area contributed by atoms with Gasteiger partial charge in [-0.3, -0.25) is 4.79 Å². The zero-order valence-corrected chi connectivity index (χ0v) is 25.9. The van der Waals surface area contributed by atoms with E-state index in [4.69, 9.17) is 5.73 Å². The number of rotatable bonds is 11. The van der Waals surface area contributed by atoms with E-state index >= 15 is 0 Å². The largest absolute Gasteiger partial charge is 0.330 e. The Balaban J connectivity index is 0. The molecule has 2 N–H and O–H groups in total. The van der Waals surface area contributed by atoms with Crippen LogP contribution in [-0.4, -0.2) is 12.3 Å². The van der Waals surface area contributed by atoms with Crippen molar-refractivity contribution < 1.29 is 4.79 Å². The van der Waals surface area contributed by atoms with Gasteiger partial charge in [-0.25, -0.2) is 0 Å². The van der Waals surface area contributed by atoms with Gasteiger partial charge in [-0.2, -0.15) is 0 Å². The number of carbonyl (C=O) groups is 1. The van der Waals surface area contributed by atoms with Crippen LogP contribution in [0.1, 0.15) is 116 Å². The number of allylic oxidation sites excluding steroid dienone is 1. The maximum atomic E-state index is 12.8. The first-order chi connectivity index (χ1) is 17.6. The molecular formula is C35H59NO. The van der Waals surface area contributed by atoms with E-state index in [0.717, 1.165) is 57.9 Å². The van der Waals surface area contributed by atoms with E-state index in [-0.39, 0.29) is 5.41 Å². The molecule has 0 saturated carbocycles. The van der Waals surface area contributed by atoms with Gasteiger partial charge < -0.3 is 5.73 Å². The van der Waals surface area contributed by atoms with Crippen LogP contribution in [0.5, 0.6) is 0 Å². The molecular weight excluding hydrogens is 450 g/mol. The summed E-state index contributed by atoms with van der Waals surface area (Å²) in [5, 5.41) is 0. The monoisotopic (exact) mass is 509 g/mol. The molecule has 0 unspecified atom stereocenters. The first-order valence-corrected chi connectivity index (χ1v) is 14.5. The third kappa shape index (κ3) is 17.8. The van der Waals surface area contributed by atoms with Crippen molar-refractivity contribution >= 4 is 5.78 Å². The molecule has 210 valence electrons. The second-order valence-electron chi connectivity index (χ2n) is 10.3. The van der Waals surface area contributed by atoms with Crippen LogP contribution in [0, 0.1) is 19.3 Å². The highest BCUT2D eigenvalue weighted by Gasteiger charge is 2.33. The van der Waals surface area contributed by atoms with Crippen LogP contribution in [0.3, 0.4) is 0 Å². The van der Waals surface area contributed by atoms with Crippen molar-refractivity contribution in [2.45, 2.75) is 120 Å². The number of carbonyl (C=O) groups excluding carboxylic acids is 1. The van der Waals surface area contributed by atoms with E-state index in [0.29, 0.717) is 12.2 Å². The number of aryl methyl sites for hydroxylation is 4. The molecule has 0 saturated heterocycles. The van der Waals surface area contributed by atoms with Gasteiger partial charge >= 0.3 is 0 Å². The second kappa shape index (κ2) is 23.0. The molecule has 0 spiro atoms. The van der Waals surface area contributed by atoms with Crippen molar-refractivity contribution in [2.75, 3.05) is 6.54 Å². The molecule has 0 radical (unpaired) electrons. The highest BCUT2D eigenvalue weighted by atomic mass is 16.1. The Morgan fingerprint density at radius 1 is 0.838 bits per heavy atom. The summed E-state index contributed by atoms with van der Waals surface area (Å²) in [7, 11) is 0. The van der Waals surface area contributed by atoms with Crippen molar-refractivity contribution in [3.8, 4) is 0 Å². The van der Waals surface area contributed by atoms with Gasteiger partial charge in [0.25, 0.3) is 0 Å². The fourth-order valence-corrected chi connectivity index (χ4v) is 4.14. The Bertz CT molecular complexity index is 823. The Kier molecular flexibility index (Phi) is 22.9. The van der Waals surface area contributed by atoms with Crippen LogP contribution in [0.25, 0.3) is 0 Å². The summed E-state index contributed by atoms with van der Waals surface area (Å²) < 4.78 is 0. The molecule has 0 aliphatic heterocycles. The van der Waals surface area contributed by atoms with Gasteiger partial charge in [-0.05, 0) is 89.5 Å². The number of benzene rings is 2. The van der Waals surface area contributed by atoms with Gasteiger partial charge in [-0.1, -0.05) is 107 Å². The molecule has 0 atom stereocenters. The van der Waals surface area contributed by atoms with Crippen LogP contribution in [0.4, 0.5) is 0 Å². The number of hydrogen-bond donors (Lipinski definition) is 1. The summed E-state index contributed by atoms with van der Waals surface area (Å²) in [4.78, 5) is 12.8. The van der Waals surface area contributed by atoms with Gasteiger partial charge in [0, 0.05) is 11.8 Å². The third-order valence-corrected chi connectivity index (χ3v) is 6.43. The van der Waals surface area contributed by atoms with Crippen molar-refractivity contribution in [1.82, 2.24) is 0 Å². The normalized spacial score (nSPS) is 10.1. The van der Waals surface area contributed by atoms with Crippen LogP contribution in [-0.2, 0) is 17.6 Å². The summed E-state index contributed by atoms with van der Waals surface area (Å²) in [6.07, 6.45) is 9.10. The average Bonchev–Trinajstić information content (AvgIpc) is 2.88. The van der Waals surface area contributed by atoms with E-state index < -0.39 is 0 Å². The van der Waals surface area contributed by atoms with Gasteiger partial charge in [0.05, 0.1) is 0 Å². The third-order valence-electron chi connectivity index (χ3n) is 6.43. The van der Waals surface area contributed by atoms with E-state index in [1.54, 1.807) is 0 Å². The number of Topliss-reactive ketones (excluding diaryl/α,β-unsaturated/α-hetero) is 1. The topological polar surface area (TPSA) is 43.1 Å². The zero-order valence-electron chi connectivity index (χ0n) is 25.9. The SMILES string of the molecule is C=C(C)C.CCCC(CC)(CCC)C(=O)CCc1ccccc1C.CCCN.CCc1ccc(C)cc1. The lowest BCUT2D eigenvalue weighted by molar-refractivity contribution is -0.130. The molecule has 0 heterocycles. The van der Waals surface area contributed by atoms with Gasteiger partial charge in [0.15, 0.2) is 0 Å². The molecule has 2 nitrogen and oxygen atoms in total. The Morgan fingerprint density at radius 2 is 1.32 bits per heavy atom. The molecule has 0 amide bonds. The van der Waals surface area contributed by atoms with E-state index in [1.165, 1.54) is 27.8 Å². The lowest BCUT2D eigenvalue weighted by Gasteiger charge is -2.31. The van der Waals surface area contributed by atoms with Gasteiger partial charge in [0.1, 0.15) is 5.78 Å². The minimum Gasteiger partial charge on any atom is -0.330 e. The summed E-state index contributed by atoms with van der Waals surface area (Å²) in [6, 6.07) is 17.1. The summed E-state index contributed by atoms with van der Waals surface area (Å²) in [5.41, 5.74) is 11.5. The molecule has 0 aliphatic rings. The lowest BCUT2D eigenvalue weighted by Crippen LogP contribution is -2.30. The maximum absolute atomic E-state index is 12.8. The first kappa shape index (κ1) is 37.0. The van der Waals surface area contributed by atoms with Crippen LogP contribution < -0.4 is 5.73 Å². The van der Waals surface area contributed by atoms with Crippen molar-refractivity contribution in [2.24, 2.45) is 11.1 Å². The van der Waals surface area contributed by atoms with Crippen molar-refractivity contribution in [3.05, 3.63) is 82.9 Å². The van der Waals surface area contributed by atoms with Crippen LogP contribution >= 0.6 is 0 Å². The Labute approximate surface area is 231 Å². The maximum Gasteiger partial charge on any atom is 0.139 e. The van der Waals surface area contributed by atoms with E-state index in [1.807, 2.05) is 13.8 Å². The quantitative estimate of drug-likeness (QED) is 0.306. The summed E-state index contributed by atoms with van der Waals surface area (Å²) >= 11 is 0. The highest BCUT2D eigenvalue weighted by molar-refractivity contribution is 5.85. The average molecular weight is 510 g/mol. The predicted molar refractivity (Wildman–Crippen MR) is 167 cm³/mol. The molecule has 37 heavy (non-hydrogen) atoms. The Morgan fingerprint density at radius 3 is 1.70 bits per heavy atom. The molecule has 0 aromatic heterocycles. The van der Waals surface area contributed by atoms with Crippen molar-refractivity contribution in [3.63, 3.8) is 0 Å². The van der Waals surface area contributed by atoms with Gasteiger partial charge in [-0.15, -0.1) is 6.58 Å². The fourth-order valence-electron chi connectivity index (χ4n) is 4.14. The predicted octanol–water partition coefficient (Wildman–Crippen LogP) is 9.99. The number of nitrogens with two attached hydrogens (primary N) is 1.